The Balaban J connectivity index is 1.58. The Morgan fingerprint density at radius 1 is 1.21 bits per heavy atom. The molecule has 0 unspecified atom stereocenters. The van der Waals surface area contributed by atoms with Crippen molar-refractivity contribution in [2.24, 2.45) is 5.92 Å². The molecule has 1 saturated heterocycles. The van der Waals surface area contributed by atoms with Crippen LogP contribution in [0.3, 0.4) is 0 Å². The molecule has 0 radical (unpaired) electrons. The van der Waals surface area contributed by atoms with Crippen molar-refractivity contribution in [2.75, 3.05) is 27.2 Å². The van der Waals surface area contributed by atoms with Crippen LogP contribution in [0, 0.1) is 26.7 Å². The first-order valence-corrected chi connectivity index (χ1v) is 9.96. The molecule has 0 bridgehead atoms. The van der Waals surface area contributed by atoms with Crippen LogP contribution < -0.4 is 5.32 Å². The Hall–Kier alpha value is -2.61. The van der Waals surface area contributed by atoms with E-state index >= 15 is 0 Å². The lowest BCUT2D eigenvalue weighted by Gasteiger charge is -2.24. The number of aromatic nitrogens is 1. The van der Waals surface area contributed by atoms with Gasteiger partial charge in [-0.2, -0.15) is 0 Å². The van der Waals surface area contributed by atoms with Crippen LogP contribution in [-0.2, 0) is 11.3 Å². The number of likely N-dealkylation sites (N-methyl/N-ethyl adjacent to an activating group) is 1. The number of amides is 2. The van der Waals surface area contributed by atoms with Gasteiger partial charge in [0.1, 0.15) is 23.0 Å². The van der Waals surface area contributed by atoms with Crippen molar-refractivity contribution in [3.8, 4) is 0 Å². The van der Waals surface area contributed by atoms with Gasteiger partial charge in [-0.25, -0.2) is 0 Å². The maximum absolute atomic E-state index is 12.9. The quantitative estimate of drug-likeness (QED) is 0.825. The van der Waals surface area contributed by atoms with E-state index in [4.69, 9.17) is 8.94 Å². The number of carbonyl (C=O) groups is 2. The van der Waals surface area contributed by atoms with Crippen LogP contribution in [0.5, 0.6) is 0 Å². The number of carbonyl (C=O) groups excluding carboxylic acids is 2. The Bertz CT molecular complexity index is 872. The molecular weight excluding hydrogens is 372 g/mol. The molecule has 8 nitrogen and oxygen atoms in total. The van der Waals surface area contributed by atoms with Gasteiger partial charge in [-0.05, 0) is 46.7 Å². The average Bonchev–Trinajstić information content (AvgIpc) is 3.15. The highest BCUT2D eigenvalue weighted by Crippen LogP contribution is 2.20. The Morgan fingerprint density at radius 3 is 2.59 bits per heavy atom. The molecule has 3 heterocycles. The lowest BCUT2D eigenvalue weighted by molar-refractivity contribution is -0.135. The fourth-order valence-electron chi connectivity index (χ4n) is 3.98. The van der Waals surface area contributed by atoms with Gasteiger partial charge in [0.15, 0.2) is 0 Å². The van der Waals surface area contributed by atoms with E-state index < -0.39 is 0 Å². The summed E-state index contributed by atoms with van der Waals surface area (Å²) in [6.45, 7) is 7.25. The second-order valence-electron chi connectivity index (χ2n) is 8.12. The van der Waals surface area contributed by atoms with E-state index in [2.05, 4.69) is 15.4 Å². The van der Waals surface area contributed by atoms with Gasteiger partial charge in [0, 0.05) is 32.2 Å². The molecule has 0 aromatic carbocycles. The van der Waals surface area contributed by atoms with Crippen molar-refractivity contribution in [3.05, 3.63) is 40.7 Å². The molecule has 8 heteroatoms. The topological polar surface area (TPSA) is 91.8 Å². The molecule has 158 valence electrons. The zero-order valence-electron chi connectivity index (χ0n) is 17.8. The Kier molecular flexibility index (Phi) is 6.42. The van der Waals surface area contributed by atoms with Gasteiger partial charge in [0.25, 0.3) is 5.91 Å². The zero-order valence-corrected chi connectivity index (χ0v) is 17.8. The molecule has 2 aromatic rings. The van der Waals surface area contributed by atoms with E-state index in [1.54, 1.807) is 24.9 Å². The first kappa shape index (κ1) is 21.1. The second kappa shape index (κ2) is 8.82. The summed E-state index contributed by atoms with van der Waals surface area (Å²) in [7, 11) is 3.78. The molecule has 29 heavy (non-hydrogen) atoms. The fraction of sp³-hybridized carbons (Fsp3) is 0.571. The largest absolute Gasteiger partial charge is 0.466 e. The summed E-state index contributed by atoms with van der Waals surface area (Å²) in [6.07, 6.45) is 1.47. The molecule has 0 aliphatic carbocycles. The number of rotatable bonds is 5. The SMILES string of the molecule is Cc1cc(CN(C)C(=O)[C@@H]2CC[C@H](NC(=O)c3cc(C)oc3C)CN(C)C2)no1. The van der Waals surface area contributed by atoms with Crippen LogP contribution in [0.2, 0.25) is 0 Å². The number of likely N-dealkylation sites (tertiary alicyclic amines) is 1. The smallest absolute Gasteiger partial charge is 0.255 e. The highest BCUT2D eigenvalue weighted by Gasteiger charge is 2.30. The summed E-state index contributed by atoms with van der Waals surface area (Å²) < 4.78 is 10.5. The van der Waals surface area contributed by atoms with E-state index in [0.717, 1.165) is 30.1 Å². The minimum absolute atomic E-state index is 0.0107. The van der Waals surface area contributed by atoms with Crippen molar-refractivity contribution in [3.63, 3.8) is 0 Å². The number of furan rings is 1. The maximum Gasteiger partial charge on any atom is 0.255 e. The predicted molar refractivity (Wildman–Crippen MR) is 107 cm³/mol. The minimum Gasteiger partial charge on any atom is -0.466 e. The minimum atomic E-state index is -0.124. The van der Waals surface area contributed by atoms with Crippen LogP contribution in [0.15, 0.2) is 21.1 Å². The van der Waals surface area contributed by atoms with Gasteiger partial charge in [-0.15, -0.1) is 0 Å². The molecule has 1 fully saturated rings. The lowest BCUT2D eigenvalue weighted by Crippen LogP contribution is -2.42. The molecule has 1 aliphatic rings. The molecule has 0 saturated carbocycles. The average molecular weight is 402 g/mol. The number of hydrogen-bond donors (Lipinski definition) is 1. The van der Waals surface area contributed by atoms with Crippen molar-refractivity contribution in [1.82, 2.24) is 20.3 Å². The van der Waals surface area contributed by atoms with E-state index in [0.29, 0.717) is 31.0 Å². The summed E-state index contributed by atoms with van der Waals surface area (Å²) in [5, 5.41) is 7.07. The highest BCUT2D eigenvalue weighted by molar-refractivity contribution is 5.95. The monoisotopic (exact) mass is 402 g/mol. The molecular formula is C21H30N4O4. The number of nitrogens with one attached hydrogen (secondary N) is 1. The summed E-state index contributed by atoms with van der Waals surface area (Å²) in [5.41, 5.74) is 1.32. The van der Waals surface area contributed by atoms with E-state index in [9.17, 15) is 9.59 Å². The first-order valence-electron chi connectivity index (χ1n) is 9.96. The van der Waals surface area contributed by atoms with Gasteiger partial charge in [-0.3, -0.25) is 9.59 Å². The van der Waals surface area contributed by atoms with Gasteiger partial charge < -0.3 is 24.1 Å². The fourth-order valence-corrected chi connectivity index (χ4v) is 3.98. The molecule has 0 spiro atoms. The van der Waals surface area contributed by atoms with Crippen molar-refractivity contribution in [2.45, 2.75) is 46.2 Å². The van der Waals surface area contributed by atoms with Gasteiger partial charge in [-0.1, -0.05) is 5.16 Å². The Labute approximate surface area is 171 Å². The summed E-state index contributed by atoms with van der Waals surface area (Å²) in [6, 6.07) is 3.59. The zero-order chi connectivity index (χ0) is 21.1. The van der Waals surface area contributed by atoms with E-state index in [1.165, 1.54) is 0 Å². The van der Waals surface area contributed by atoms with Crippen LogP contribution >= 0.6 is 0 Å². The van der Waals surface area contributed by atoms with Gasteiger partial charge >= 0.3 is 0 Å². The van der Waals surface area contributed by atoms with Gasteiger partial charge in [0.05, 0.1) is 18.0 Å². The highest BCUT2D eigenvalue weighted by atomic mass is 16.5. The van der Waals surface area contributed by atoms with E-state index in [1.807, 2.05) is 27.0 Å². The van der Waals surface area contributed by atoms with Crippen LogP contribution in [-0.4, -0.2) is 60.0 Å². The number of aryl methyl sites for hydroxylation is 3. The predicted octanol–water partition coefficient (Wildman–Crippen LogP) is 2.29. The molecule has 2 aromatic heterocycles. The van der Waals surface area contributed by atoms with Crippen LogP contribution in [0.4, 0.5) is 0 Å². The molecule has 3 rings (SSSR count). The summed E-state index contributed by atoms with van der Waals surface area (Å²) in [5.74, 6) is 1.93. The Morgan fingerprint density at radius 2 is 1.97 bits per heavy atom. The van der Waals surface area contributed by atoms with Crippen LogP contribution in [0.25, 0.3) is 0 Å². The molecule has 2 atom stereocenters. The third-order valence-electron chi connectivity index (χ3n) is 5.35. The summed E-state index contributed by atoms with van der Waals surface area (Å²) in [4.78, 5) is 29.4. The van der Waals surface area contributed by atoms with Crippen molar-refractivity contribution >= 4 is 11.8 Å². The number of nitrogens with zero attached hydrogens (tertiary/aromatic N) is 3. The molecule has 2 amide bonds. The normalized spacial score (nSPS) is 20.3. The van der Waals surface area contributed by atoms with Gasteiger partial charge in [0.2, 0.25) is 5.91 Å². The van der Waals surface area contributed by atoms with E-state index in [-0.39, 0.29) is 23.8 Å². The lowest BCUT2D eigenvalue weighted by atomic mass is 10.00. The maximum atomic E-state index is 12.9. The number of hydrogen-bond acceptors (Lipinski definition) is 6. The third kappa shape index (κ3) is 5.26. The van der Waals surface area contributed by atoms with Crippen molar-refractivity contribution < 1.29 is 18.5 Å². The molecule has 1 N–H and O–H groups in total. The summed E-state index contributed by atoms with van der Waals surface area (Å²) >= 11 is 0. The standard InChI is InChI=1S/C21H30N4O4/c1-13-9-19(15(3)28-13)20(26)22-17-7-6-16(10-24(4)11-17)21(27)25(5)12-18-8-14(2)29-23-18/h8-9,16-17H,6-7,10-12H2,1-5H3,(H,22,26)/t16-,17+/m1/s1. The van der Waals surface area contributed by atoms with Crippen molar-refractivity contribution in [1.29, 1.82) is 0 Å². The second-order valence-corrected chi connectivity index (χ2v) is 8.12. The third-order valence-corrected chi connectivity index (χ3v) is 5.35. The first-order chi connectivity index (χ1) is 13.7. The van der Waals surface area contributed by atoms with Crippen LogP contribution in [0.1, 0.15) is 46.2 Å². The molecule has 1 aliphatic heterocycles.